The lowest BCUT2D eigenvalue weighted by Gasteiger charge is -1.93. The van der Waals surface area contributed by atoms with Gasteiger partial charge in [-0.15, -0.1) is 0 Å². The molecule has 0 aliphatic carbocycles. The average molecular weight is 377 g/mol. The van der Waals surface area contributed by atoms with Crippen molar-refractivity contribution in [3.05, 3.63) is 89.2 Å². The normalized spacial score (nSPS) is 11.8. The fraction of sp³-hybridized carbons (Fsp3) is 0. The lowest BCUT2D eigenvalue weighted by atomic mass is 10.2. The van der Waals surface area contributed by atoms with Gasteiger partial charge in [-0.2, -0.15) is 0 Å². The van der Waals surface area contributed by atoms with Crippen molar-refractivity contribution in [1.82, 2.24) is 4.98 Å². The highest BCUT2D eigenvalue weighted by Gasteiger charge is 2.08. The van der Waals surface area contributed by atoms with E-state index in [2.05, 4.69) is 9.98 Å². The zero-order valence-corrected chi connectivity index (χ0v) is 14.9. The number of halogens is 2. The molecule has 1 heterocycles. The largest absolute Gasteiger partial charge is 0.436 e. The van der Waals surface area contributed by atoms with E-state index in [1.165, 1.54) is 12.1 Å². The maximum Gasteiger partial charge on any atom is 0.227 e. The SMILES string of the molecule is Fc1ccc(-c2nc3cc(N=CC=Cc4ccc(Cl)cc4)ccc3o2)cc1. The van der Waals surface area contributed by atoms with E-state index in [4.69, 9.17) is 16.0 Å². The molecule has 0 atom stereocenters. The van der Waals surface area contributed by atoms with Crippen molar-refractivity contribution in [2.45, 2.75) is 0 Å². The Bertz CT molecular complexity index is 1130. The second kappa shape index (κ2) is 7.56. The first-order chi connectivity index (χ1) is 13.2. The summed E-state index contributed by atoms with van der Waals surface area (Å²) in [5, 5.41) is 0.710. The number of aromatic nitrogens is 1. The molecule has 0 aliphatic rings. The Labute approximate surface area is 160 Å². The number of hydrogen-bond donors (Lipinski definition) is 0. The highest BCUT2D eigenvalue weighted by Crippen LogP contribution is 2.27. The summed E-state index contributed by atoms with van der Waals surface area (Å²) in [6.45, 7) is 0. The molecule has 0 saturated carbocycles. The summed E-state index contributed by atoms with van der Waals surface area (Å²) in [5.74, 6) is 0.159. The molecule has 3 nitrogen and oxygen atoms in total. The zero-order valence-electron chi connectivity index (χ0n) is 14.1. The van der Waals surface area contributed by atoms with Crippen LogP contribution >= 0.6 is 11.6 Å². The summed E-state index contributed by atoms with van der Waals surface area (Å²) in [5.41, 5.74) is 3.89. The Morgan fingerprint density at radius 3 is 2.52 bits per heavy atom. The van der Waals surface area contributed by atoms with Crippen LogP contribution in [-0.4, -0.2) is 11.2 Å². The van der Waals surface area contributed by atoms with Gasteiger partial charge in [0.1, 0.15) is 11.3 Å². The summed E-state index contributed by atoms with van der Waals surface area (Å²) < 4.78 is 18.8. The first-order valence-corrected chi connectivity index (χ1v) is 8.68. The van der Waals surface area contributed by atoms with Crippen LogP contribution in [0.3, 0.4) is 0 Å². The van der Waals surface area contributed by atoms with E-state index in [9.17, 15) is 4.39 Å². The molecular weight excluding hydrogens is 363 g/mol. The van der Waals surface area contributed by atoms with Crippen molar-refractivity contribution in [1.29, 1.82) is 0 Å². The molecular formula is C22H14ClFN2O. The summed E-state index contributed by atoms with van der Waals surface area (Å²) in [7, 11) is 0. The maximum atomic E-state index is 13.1. The third-order valence-corrected chi connectivity index (χ3v) is 4.18. The fourth-order valence-corrected chi connectivity index (χ4v) is 2.70. The number of benzene rings is 3. The molecule has 0 fully saturated rings. The van der Waals surface area contributed by atoms with Crippen LogP contribution < -0.4 is 0 Å². The molecule has 3 aromatic carbocycles. The van der Waals surface area contributed by atoms with E-state index in [-0.39, 0.29) is 5.82 Å². The van der Waals surface area contributed by atoms with Crippen molar-refractivity contribution >= 4 is 40.7 Å². The van der Waals surface area contributed by atoms with Crippen LogP contribution in [0.5, 0.6) is 0 Å². The molecule has 0 bridgehead atoms. The molecule has 4 rings (SSSR count). The van der Waals surface area contributed by atoms with Crippen LogP contribution in [0.2, 0.25) is 5.02 Å². The van der Waals surface area contributed by atoms with Gasteiger partial charge in [-0.3, -0.25) is 4.99 Å². The minimum absolute atomic E-state index is 0.293. The topological polar surface area (TPSA) is 38.4 Å². The first kappa shape index (κ1) is 17.2. The van der Waals surface area contributed by atoms with Gasteiger partial charge in [0.15, 0.2) is 5.58 Å². The Morgan fingerprint density at radius 1 is 0.963 bits per heavy atom. The van der Waals surface area contributed by atoms with Gasteiger partial charge in [0.2, 0.25) is 5.89 Å². The number of fused-ring (bicyclic) bond motifs is 1. The van der Waals surface area contributed by atoms with E-state index in [0.29, 0.717) is 22.0 Å². The third-order valence-electron chi connectivity index (χ3n) is 3.93. The molecule has 0 N–H and O–H groups in total. The molecule has 4 aromatic rings. The Kier molecular flexibility index (Phi) is 4.81. The zero-order chi connectivity index (χ0) is 18.6. The summed E-state index contributed by atoms with van der Waals surface area (Å²) >= 11 is 5.87. The predicted octanol–water partition coefficient (Wildman–Crippen LogP) is 6.70. The lowest BCUT2D eigenvalue weighted by molar-refractivity contribution is 0.616. The van der Waals surface area contributed by atoms with Gasteiger partial charge in [0.05, 0.1) is 5.69 Å². The quantitative estimate of drug-likeness (QED) is 0.371. The van der Waals surface area contributed by atoms with E-state index in [0.717, 1.165) is 16.8 Å². The van der Waals surface area contributed by atoms with Crippen LogP contribution in [0.4, 0.5) is 10.1 Å². The minimum Gasteiger partial charge on any atom is -0.436 e. The van der Waals surface area contributed by atoms with Crippen LogP contribution in [-0.2, 0) is 0 Å². The van der Waals surface area contributed by atoms with E-state index in [1.807, 2.05) is 54.6 Å². The van der Waals surface area contributed by atoms with Gasteiger partial charge >= 0.3 is 0 Å². The van der Waals surface area contributed by atoms with E-state index >= 15 is 0 Å². The molecule has 0 amide bonds. The average Bonchev–Trinajstić information content (AvgIpc) is 3.10. The van der Waals surface area contributed by atoms with Crippen molar-refractivity contribution in [2.24, 2.45) is 4.99 Å². The predicted molar refractivity (Wildman–Crippen MR) is 108 cm³/mol. The molecule has 0 aliphatic heterocycles. The number of oxazole rings is 1. The summed E-state index contributed by atoms with van der Waals surface area (Å²) in [6, 6.07) is 19.1. The minimum atomic E-state index is -0.293. The van der Waals surface area contributed by atoms with Crippen molar-refractivity contribution in [3.63, 3.8) is 0 Å². The monoisotopic (exact) mass is 376 g/mol. The van der Waals surface area contributed by atoms with Gasteiger partial charge in [-0.25, -0.2) is 9.37 Å². The number of aliphatic imine (C=N–C) groups is 1. The van der Waals surface area contributed by atoms with Gasteiger partial charge in [-0.1, -0.05) is 29.8 Å². The Balaban J connectivity index is 1.52. The number of hydrogen-bond acceptors (Lipinski definition) is 3. The molecule has 27 heavy (non-hydrogen) atoms. The van der Waals surface area contributed by atoms with Crippen molar-refractivity contribution in [3.8, 4) is 11.5 Å². The highest BCUT2D eigenvalue weighted by atomic mass is 35.5. The Hall–Kier alpha value is -3.24. The molecule has 0 saturated heterocycles. The van der Waals surface area contributed by atoms with Gasteiger partial charge in [0, 0.05) is 16.8 Å². The maximum absolute atomic E-state index is 13.1. The van der Waals surface area contributed by atoms with Gasteiger partial charge < -0.3 is 4.42 Å². The molecule has 5 heteroatoms. The van der Waals surface area contributed by atoms with Gasteiger partial charge in [0.25, 0.3) is 0 Å². The molecule has 132 valence electrons. The number of nitrogens with zero attached hydrogens (tertiary/aromatic N) is 2. The smallest absolute Gasteiger partial charge is 0.227 e. The number of allylic oxidation sites excluding steroid dienone is 1. The summed E-state index contributed by atoms with van der Waals surface area (Å²) in [4.78, 5) is 8.88. The Morgan fingerprint density at radius 2 is 1.74 bits per heavy atom. The first-order valence-electron chi connectivity index (χ1n) is 8.30. The van der Waals surface area contributed by atoms with Crippen LogP contribution in [0.1, 0.15) is 5.56 Å². The van der Waals surface area contributed by atoms with Crippen LogP contribution in [0.15, 0.2) is 82.2 Å². The van der Waals surface area contributed by atoms with Crippen molar-refractivity contribution < 1.29 is 8.81 Å². The van der Waals surface area contributed by atoms with E-state index in [1.54, 1.807) is 18.3 Å². The van der Waals surface area contributed by atoms with Gasteiger partial charge in [-0.05, 0) is 66.2 Å². The molecule has 1 aromatic heterocycles. The van der Waals surface area contributed by atoms with E-state index < -0.39 is 0 Å². The van der Waals surface area contributed by atoms with Crippen molar-refractivity contribution in [2.75, 3.05) is 0 Å². The second-order valence-corrected chi connectivity index (χ2v) is 6.30. The molecule has 0 spiro atoms. The third kappa shape index (κ3) is 4.13. The lowest BCUT2D eigenvalue weighted by Crippen LogP contribution is -1.78. The van der Waals surface area contributed by atoms with Crippen LogP contribution in [0, 0.1) is 5.82 Å². The standard InChI is InChI=1S/C22H14ClFN2O/c23-17-7-3-15(4-8-17)2-1-13-25-19-11-12-21-20(14-19)26-22(27-21)16-5-9-18(24)10-6-16/h1-14H. The second-order valence-electron chi connectivity index (χ2n) is 5.87. The summed E-state index contributed by atoms with van der Waals surface area (Å²) in [6.07, 6.45) is 5.53. The molecule has 0 radical (unpaired) electrons. The fourth-order valence-electron chi connectivity index (χ4n) is 2.57. The molecule has 0 unspecified atom stereocenters. The van der Waals surface area contributed by atoms with Crippen LogP contribution in [0.25, 0.3) is 28.6 Å². The highest BCUT2D eigenvalue weighted by molar-refractivity contribution is 6.30. The number of rotatable bonds is 4.